The highest BCUT2D eigenvalue weighted by Gasteiger charge is 2.32. The first-order valence-electron chi connectivity index (χ1n) is 9.53. The number of halogens is 2. The third kappa shape index (κ3) is 4.76. The Labute approximate surface area is 183 Å². The molecule has 1 aliphatic heterocycles. The molecular formula is C20H19ClFN5O3S. The molecule has 31 heavy (non-hydrogen) atoms. The molecule has 0 aliphatic carbocycles. The maximum atomic E-state index is 13.2. The number of carbonyl (C=O) groups is 1. The molecule has 1 aromatic heterocycles. The minimum Gasteiger partial charge on any atom is -0.338 e. The van der Waals surface area contributed by atoms with Crippen molar-refractivity contribution in [2.45, 2.75) is 17.4 Å². The summed E-state index contributed by atoms with van der Waals surface area (Å²) in [6.45, 7) is 0.895. The molecule has 162 valence electrons. The van der Waals surface area contributed by atoms with Gasteiger partial charge in [-0.2, -0.15) is 0 Å². The zero-order valence-corrected chi connectivity index (χ0v) is 17.9. The van der Waals surface area contributed by atoms with Gasteiger partial charge in [0.25, 0.3) is 0 Å². The van der Waals surface area contributed by atoms with Crippen molar-refractivity contribution in [3.63, 3.8) is 0 Å². The van der Waals surface area contributed by atoms with Gasteiger partial charge in [0.1, 0.15) is 11.5 Å². The molecule has 1 N–H and O–H groups in total. The Balaban J connectivity index is 1.26. The van der Waals surface area contributed by atoms with Crippen molar-refractivity contribution in [1.29, 1.82) is 0 Å². The van der Waals surface area contributed by atoms with E-state index in [9.17, 15) is 17.6 Å². The van der Waals surface area contributed by atoms with E-state index in [0.717, 1.165) is 29.5 Å². The molecule has 1 saturated heterocycles. The molecular weight excluding hydrogens is 445 g/mol. The number of nitrogens with one attached hydrogen (secondary N) is 1. The highest BCUT2D eigenvalue weighted by atomic mass is 35.5. The summed E-state index contributed by atoms with van der Waals surface area (Å²) < 4.78 is 41.8. The first-order chi connectivity index (χ1) is 14.8. The lowest BCUT2D eigenvalue weighted by Gasteiger charge is -2.38. The van der Waals surface area contributed by atoms with E-state index >= 15 is 0 Å². The van der Waals surface area contributed by atoms with Gasteiger partial charge in [0.2, 0.25) is 15.9 Å². The summed E-state index contributed by atoms with van der Waals surface area (Å²) in [6, 6.07) is 12.8. The molecule has 1 amide bonds. The Morgan fingerprint density at radius 3 is 2.65 bits per heavy atom. The van der Waals surface area contributed by atoms with Crippen molar-refractivity contribution in [3.05, 3.63) is 65.6 Å². The Kier molecular flexibility index (Phi) is 6.03. The molecule has 0 unspecified atom stereocenters. The molecule has 1 aliphatic rings. The van der Waals surface area contributed by atoms with Crippen LogP contribution in [-0.4, -0.2) is 53.9 Å². The van der Waals surface area contributed by atoms with Gasteiger partial charge in [-0.25, -0.2) is 22.2 Å². The molecule has 1 fully saturated rings. The lowest BCUT2D eigenvalue weighted by molar-refractivity contribution is -0.137. The molecule has 4 rings (SSSR count). The Bertz CT molecular complexity index is 1200. The van der Waals surface area contributed by atoms with Crippen LogP contribution >= 0.6 is 11.6 Å². The summed E-state index contributed by atoms with van der Waals surface area (Å²) in [4.78, 5) is 13.8. The summed E-state index contributed by atoms with van der Waals surface area (Å²) in [5.74, 6) is -0.870. The van der Waals surface area contributed by atoms with Crippen LogP contribution in [0.2, 0.25) is 5.02 Å². The second-order valence-electron chi connectivity index (χ2n) is 7.13. The molecule has 2 aromatic carbocycles. The summed E-state index contributed by atoms with van der Waals surface area (Å²) >= 11 is 5.63. The normalized spacial score (nSPS) is 14.5. The summed E-state index contributed by atoms with van der Waals surface area (Å²) in [6.07, 6.45) is 1.86. The average Bonchev–Trinajstić information content (AvgIpc) is 3.19. The number of amides is 1. The first kappa shape index (κ1) is 21.4. The van der Waals surface area contributed by atoms with E-state index < -0.39 is 15.8 Å². The van der Waals surface area contributed by atoms with E-state index in [1.165, 1.54) is 0 Å². The third-order valence-corrected chi connectivity index (χ3v) is 6.75. The molecule has 0 atom stereocenters. The fourth-order valence-electron chi connectivity index (χ4n) is 3.20. The number of hydrogen-bond acceptors (Lipinski definition) is 5. The van der Waals surface area contributed by atoms with E-state index in [2.05, 4.69) is 15.0 Å². The highest BCUT2D eigenvalue weighted by Crippen LogP contribution is 2.24. The molecule has 0 saturated carbocycles. The van der Waals surface area contributed by atoms with Crippen molar-refractivity contribution in [2.24, 2.45) is 0 Å². The fraction of sp³-hybridized carbons (Fsp3) is 0.250. The van der Waals surface area contributed by atoms with E-state index in [4.69, 9.17) is 11.6 Å². The SMILES string of the molecule is O=C(CCNS(=O)(=O)c1ccc(F)c(Cl)c1)N1CC(n2cc(-c3ccccc3)nn2)C1. The number of rotatable bonds is 7. The molecule has 3 aromatic rings. The third-order valence-electron chi connectivity index (χ3n) is 5.00. The van der Waals surface area contributed by atoms with E-state index in [1.54, 1.807) is 9.58 Å². The topological polar surface area (TPSA) is 97.2 Å². The number of nitrogens with zero attached hydrogens (tertiary/aromatic N) is 4. The van der Waals surface area contributed by atoms with Crippen LogP contribution in [-0.2, 0) is 14.8 Å². The standard InChI is InChI=1S/C20H19ClFN5O3S/c21-17-10-16(6-7-18(17)22)31(29,30)23-9-8-20(28)26-11-15(12-26)27-13-19(24-25-27)14-4-2-1-3-5-14/h1-7,10,13,15,23H,8-9,11-12H2. The van der Waals surface area contributed by atoms with Crippen molar-refractivity contribution in [3.8, 4) is 11.3 Å². The number of hydrogen-bond donors (Lipinski definition) is 1. The average molecular weight is 464 g/mol. The summed E-state index contributed by atoms with van der Waals surface area (Å²) in [7, 11) is -3.88. The van der Waals surface area contributed by atoms with Crippen LogP contribution in [0.15, 0.2) is 59.6 Å². The van der Waals surface area contributed by atoms with Crippen LogP contribution in [0.25, 0.3) is 11.3 Å². The predicted molar refractivity (Wildman–Crippen MR) is 112 cm³/mol. The van der Waals surface area contributed by atoms with Gasteiger partial charge in [0, 0.05) is 31.6 Å². The van der Waals surface area contributed by atoms with Gasteiger partial charge in [0.05, 0.1) is 22.2 Å². The molecule has 0 spiro atoms. The van der Waals surface area contributed by atoms with Crippen LogP contribution in [0.4, 0.5) is 4.39 Å². The van der Waals surface area contributed by atoms with Crippen molar-refractivity contribution in [1.82, 2.24) is 24.6 Å². The van der Waals surface area contributed by atoms with Gasteiger partial charge in [-0.15, -0.1) is 5.10 Å². The maximum Gasteiger partial charge on any atom is 0.240 e. The number of benzene rings is 2. The van der Waals surface area contributed by atoms with Gasteiger partial charge in [-0.3, -0.25) is 4.79 Å². The lowest BCUT2D eigenvalue weighted by Crippen LogP contribution is -2.51. The van der Waals surface area contributed by atoms with Crippen molar-refractivity contribution in [2.75, 3.05) is 19.6 Å². The second-order valence-corrected chi connectivity index (χ2v) is 9.30. The Morgan fingerprint density at radius 1 is 1.19 bits per heavy atom. The zero-order chi connectivity index (χ0) is 22.0. The van der Waals surface area contributed by atoms with Crippen LogP contribution < -0.4 is 4.72 Å². The highest BCUT2D eigenvalue weighted by molar-refractivity contribution is 7.89. The summed E-state index contributed by atoms with van der Waals surface area (Å²) in [5, 5.41) is 8.04. The maximum absolute atomic E-state index is 13.2. The van der Waals surface area contributed by atoms with Crippen molar-refractivity contribution >= 4 is 27.5 Å². The number of carbonyl (C=O) groups excluding carboxylic acids is 1. The molecule has 11 heteroatoms. The van der Waals surface area contributed by atoms with Crippen LogP contribution in [0.3, 0.4) is 0 Å². The van der Waals surface area contributed by atoms with Gasteiger partial charge in [-0.05, 0) is 18.2 Å². The van der Waals surface area contributed by atoms with E-state index in [-0.39, 0.29) is 34.8 Å². The van der Waals surface area contributed by atoms with Crippen LogP contribution in [0, 0.1) is 5.82 Å². The number of likely N-dealkylation sites (tertiary alicyclic amines) is 1. The molecule has 8 nitrogen and oxygen atoms in total. The van der Waals surface area contributed by atoms with Crippen LogP contribution in [0.1, 0.15) is 12.5 Å². The second kappa shape index (κ2) is 8.74. The van der Waals surface area contributed by atoms with Crippen molar-refractivity contribution < 1.29 is 17.6 Å². The minimum atomic E-state index is -3.88. The van der Waals surface area contributed by atoms with Gasteiger partial charge >= 0.3 is 0 Å². The molecule has 2 heterocycles. The molecule has 0 radical (unpaired) electrons. The largest absolute Gasteiger partial charge is 0.338 e. The Hall–Kier alpha value is -2.82. The summed E-state index contributed by atoms with van der Waals surface area (Å²) in [5.41, 5.74) is 1.73. The fourth-order valence-corrected chi connectivity index (χ4v) is 4.50. The van der Waals surface area contributed by atoms with Gasteiger partial charge < -0.3 is 4.90 Å². The lowest BCUT2D eigenvalue weighted by atomic mass is 10.1. The molecule has 0 bridgehead atoms. The number of sulfonamides is 1. The zero-order valence-electron chi connectivity index (χ0n) is 16.3. The Morgan fingerprint density at radius 2 is 1.94 bits per heavy atom. The van der Waals surface area contributed by atoms with Gasteiger partial charge in [-0.1, -0.05) is 47.1 Å². The smallest absolute Gasteiger partial charge is 0.240 e. The number of aromatic nitrogens is 3. The van der Waals surface area contributed by atoms with E-state index in [0.29, 0.717) is 13.1 Å². The predicted octanol–water partition coefficient (Wildman–Crippen LogP) is 2.49. The monoisotopic (exact) mass is 463 g/mol. The quantitative estimate of drug-likeness (QED) is 0.580. The van der Waals surface area contributed by atoms with E-state index in [1.807, 2.05) is 36.5 Å². The first-order valence-corrected chi connectivity index (χ1v) is 11.4. The van der Waals surface area contributed by atoms with Crippen LogP contribution in [0.5, 0.6) is 0 Å². The van der Waals surface area contributed by atoms with Gasteiger partial charge in [0.15, 0.2) is 0 Å². The minimum absolute atomic E-state index is 0.00744.